The molecular formula is C21H26N4O3. The van der Waals surface area contributed by atoms with Crippen LogP contribution in [0.1, 0.15) is 33.3 Å². The average Bonchev–Trinajstić information content (AvgIpc) is 2.67. The lowest BCUT2D eigenvalue weighted by Gasteiger charge is -2.37. The number of amides is 2. The number of aryl methyl sites for hydroxylation is 1. The number of nitrogens with zero attached hydrogens (tertiary/aromatic N) is 2. The number of benzene rings is 1. The van der Waals surface area contributed by atoms with E-state index >= 15 is 0 Å². The van der Waals surface area contributed by atoms with E-state index in [0.717, 1.165) is 6.42 Å². The van der Waals surface area contributed by atoms with Gasteiger partial charge >= 0.3 is 0 Å². The molecule has 0 saturated heterocycles. The summed E-state index contributed by atoms with van der Waals surface area (Å²) < 4.78 is 5.82. The van der Waals surface area contributed by atoms with E-state index in [-0.39, 0.29) is 29.4 Å². The fraction of sp³-hybridized carbons (Fsp3) is 0.381. The molecule has 1 aromatic heterocycles. The second kappa shape index (κ2) is 7.88. The van der Waals surface area contributed by atoms with Gasteiger partial charge in [0.1, 0.15) is 11.9 Å². The highest BCUT2D eigenvalue weighted by Crippen LogP contribution is 2.36. The molecule has 3 N–H and O–H groups in total. The maximum Gasteiger partial charge on any atom is 0.270 e. The highest BCUT2D eigenvalue weighted by atomic mass is 16.5. The van der Waals surface area contributed by atoms with Gasteiger partial charge in [-0.1, -0.05) is 32.9 Å². The van der Waals surface area contributed by atoms with Gasteiger partial charge in [0.2, 0.25) is 5.91 Å². The van der Waals surface area contributed by atoms with Crippen molar-refractivity contribution in [3.05, 3.63) is 42.0 Å². The van der Waals surface area contributed by atoms with Crippen LogP contribution in [-0.2, 0) is 16.0 Å². The third kappa shape index (κ3) is 3.78. The zero-order valence-corrected chi connectivity index (χ0v) is 16.6. The molecule has 2 atom stereocenters. The number of aromatic nitrogens is 1. The number of ether oxygens (including phenoxy) is 1. The first-order valence-corrected chi connectivity index (χ1v) is 9.47. The van der Waals surface area contributed by atoms with Crippen LogP contribution in [0.5, 0.6) is 5.75 Å². The molecule has 2 amide bonds. The number of hydrogen-bond acceptors (Lipinski definition) is 5. The number of hydrogen-bond donors (Lipinski definition) is 2. The SMILES string of the molecule is CCc1ccc(NC(=O)C(C)N2C(=O)C(C(C)C)Oc3ccc(N)nc32)cc1. The summed E-state index contributed by atoms with van der Waals surface area (Å²) in [5.41, 5.74) is 7.67. The molecule has 1 aliphatic heterocycles. The van der Waals surface area contributed by atoms with Gasteiger partial charge in [0, 0.05) is 5.69 Å². The van der Waals surface area contributed by atoms with Crippen molar-refractivity contribution in [3.63, 3.8) is 0 Å². The summed E-state index contributed by atoms with van der Waals surface area (Å²) in [6.45, 7) is 7.54. The van der Waals surface area contributed by atoms with Crippen LogP contribution in [0.4, 0.5) is 17.3 Å². The van der Waals surface area contributed by atoms with Crippen molar-refractivity contribution in [2.45, 2.75) is 46.3 Å². The van der Waals surface area contributed by atoms with Crippen LogP contribution >= 0.6 is 0 Å². The number of fused-ring (bicyclic) bond motifs is 1. The molecular weight excluding hydrogens is 356 g/mol. The first-order valence-electron chi connectivity index (χ1n) is 9.47. The lowest BCUT2D eigenvalue weighted by atomic mass is 10.0. The fourth-order valence-corrected chi connectivity index (χ4v) is 3.13. The van der Waals surface area contributed by atoms with Crippen LogP contribution < -0.4 is 20.7 Å². The highest BCUT2D eigenvalue weighted by molar-refractivity contribution is 6.07. The molecule has 28 heavy (non-hydrogen) atoms. The Balaban J connectivity index is 1.89. The van der Waals surface area contributed by atoms with Gasteiger partial charge in [-0.25, -0.2) is 4.98 Å². The van der Waals surface area contributed by atoms with E-state index in [9.17, 15) is 9.59 Å². The minimum atomic E-state index is -0.781. The Hall–Kier alpha value is -3.09. The second-order valence-electron chi connectivity index (χ2n) is 7.26. The maximum absolute atomic E-state index is 13.1. The summed E-state index contributed by atoms with van der Waals surface area (Å²) in [6, 6.07) is 10.2. The number of anilines is 3. The normalized spacial score (nSPS) is 17.1. The Bertz CT molecular complexity index is 880. The number of nitrogens with two attached hydrogens (primary N) is 1. The van der Waals surface area contributed by atoms with Gasteiger partial charge in [0.25, 0.3) is 5.91 Å². The molecule has 148 valence electrons. The second-order valence-corrected chi connectivity index (χ2v) is 7.26. The summed E-state index contributed by atoms with van der Waals surface area (Å²) in [6.07, 6.45) is 0.241. The average molecular weight is 382 g/mol. The zero-order valence-electron chi connectivity index (χ0n) is 16.6. The van der Waals surface area contributed by atoms with Crippen molar-refractivity contribution in [1.29, 1.82) is 0 Å². The van der Waals surface area contributed by atoms with Gasteiger partial charge in [0.05, 0.1) is 0 Å². The van der Waals surface area contributed by atoms with E-state index in [2.05, 4.69) is 17.2 Å². The van der Waals surface area contributed by atoms with Crippen molar-refractivity contribution >= 4 is 29.1 Å². The number of carbonyl (C=O) groups excluding carboxylic acids is 2. The molecule has 2 aromatic rings. The topological polar surface area (TPSA) is 97.5 Å². The van der Waals surface area contributed by atoms with Crippen molar-refractivity contribution in [2.24, 2.45) is 5.92 Å². The molecule has 0 aliphatic carbocycles. The maximum atomic E-state index is 13.1. The summed E-state index contributed by atoms with van der Waals surface area (Å²) in [4.78, 5) is 31.6. The van der Waals surface area contributed by atoms with Gasteiger partial charge in [-0.05, 0) is 49.1 Å². The number of rotatable bonds is 5. The number of pyridine rings is 1. The molecule has 1 aliphatic rings. The molecule has 0 saturated carbocycles. The first-order chi connectivity index (χ1) is 13.3. The molecule has 2 unspecified atom stereocenters. The molecule has 7 heteroatoms. The van der Waals surface area contributed by atoms with E-state index in [1.807, 2.05) is 38.1 Å². The summed E-state index contributed by atoms with van der Waals surface area (Å²) in [5, 5.41) is 2.87. The molecule has 7 nitrogen and oxygen atoms in total. The van der Waals surface area contributed by atoms with Crippen molar-refractivity contribution in [2.75, 3.05) is 16.0 Å². The van der Waals surface area contributed by atoms with Gasteiger partial charge in [0.15, 0.2) is 17.7 Å². The van der Waals surface area contributed by atoms with E-state index < -0.39 is 12.1 Å². The van der Waals surface area contributed by atoms with E-state index in [4.69, 9.17) is 10.5 Å². The monoisotopic (exact) mass is 382 g/mol. The van der Waals surface area contributed by atoms with Crippen LogP contribution in [0.25, 0.3) is 0 Å². The lowest BCUT2D eigenvalue weighted by Crippen LogP contribution is -2.55. The quantitative estimate of drug-likeness (QED) is 0.828. The molecule has 2 heterocycles. The molecule has 0 fully saturated rings. The lowest BCUT2D eigenvalue weighted by molar-refractivity contribution is -0.130. The fourth-order valence-electron chi connectivity index (χ4n) is 3.13. The van der Waals surface area contributed by atoms with Crippen LogP contribution in [0, 0.1) is 5.92 Å². The molecule has 0 spiro atoms. The Morgan fingerprint density at radius 1 is 1.21 bits per heavy atom. The van der Waals surface area contributed by atoms with Crippen molar-refractivity contribution < 1.29 is 14.3 Å². The predicted octanol–water partition coefficient (Wildman–Crippen LogP) is 3.00. The molecule has 3 rings (SSSR count). The molecule has 0 radical (unpaired) electrons. The van der Waals surface area contributed by atoms with Crippen molar-refractivity contribution in [3.8, 4) is 5.75 Å². The van der Waals surface area contributed by atoms with E-state index in [0.29, 0.717) is 11.4 Å². The number of carbonyl (C=O) groups is 2. The largest absolute Gasteiger partial charge is 0.476 e. The molecule has 1 aromatic carbocycles. The van der Waals surface area contributed by atoms with Crippen LogP contribution in [-0.4, -0.2) is 28.9 Å². The summed E-state index contributed by atoms with van der Waals surface area (Å²) >= 11 is 0. The molecule has 0 bridgehead atoms. The van der Waals surface area contributed by atoms with Crippen LogP contribution in [0.15, 0.2) is 36.4 Å². The predicted molar refractivity (Wildman–Crippen MR) is 109 cm³/mol. The minimum absolute atomic E-state index is 0.0578. The first kappa shape index (κ1) is 19.7. The standard InChI is InChI=1S/C21H26N4O3/c1-5-14-6-8-15(9-7-14)23-20(26)13(4)25-19-16(10-11-17(22)24-19)28-18(12(2)3)21(25)27/h6-13,18H,5H2,1-4H3,(H2,22,24)(H,23,26). The van der Waals surface area contributed by atoms with Crippen LogP contribution in [0.2, 0.25) is 0 Å². The van der Waals surface area contributed by atoms with E-state index in [1.165, 1.54) is 10.5 Å². The minimum Gasteiger partial charge on any atom is -0.476 e. The van der Waals surface area contributed by atoms with Gasteiger partial charge in [-0.15, -0.1) is 0 Å². The van der Waals surface area contributed by atoms with Gasteiger partial charge < -0.3 is 15.8 Å². The van der Waals surface area contributed by atoms with E-state index in [1.54, 1.807) is 19.1 Å². The number of nitrogens with one attached hydrogen (secondary N) is 1. The third-order valence-electron chi connectivity index (χ3n) is 4.83. The Morgan fingerprint density at radius 3 is 2.50 bits per heavy atom. The summed E-state index contributed by atoms with van der Waals surface area (Å²) in [5.74, 6) is 0.301. The third-order valence-corrected chi connectivity index (χ3v) is 4.83. The zero-order chi connectivity index (χ0) is 20.4. The van der Waals surface area contributed by atoms with Crippen molar-refractivity contribution in [1.82, 2.24) is 4.98 Å². The van der Waals surface area contributed by atoms with Gasteiger partial charge in [-0.2, -0.15) is 0 Å². The Kier molecular flexibility index (Phi) is 5.53. The Morgan fingerprint density at radius 2 is 1.89 bits per heavy atom. The highest BCUT2D eigenvalue weighted by Gasteiger charge is 2.41. The smallest absolute Gasteiger partial charge is 0.270 e. The van der Waals surface area contributed by atoms with Gasteiger partial charge in [-0.3, -0.25) is 14.5 Å². The summed E-state index contributed by atoms with van der Waals surface area (Å²) in [7, 11) is 0. The number of nitrogen functional groups attached to an aromatic ring is 1. The van der Waals surface area contributed by atoms with Crippen LogP contribution in [0.3, 0.4) is 0 Å². The Labute approximate surface area is 164 Å².